The summed E-state index contributed by atoms with van der Waals surface area (Å²) < 4.78 is 7.20. The second kappa shape index (κ2) is 7.76. The first-order valence-corrected chi connectivity index (χ1v) is 9.32. The number of aryl methyl sites for hydroxylation is 1. The Morgan fingerprint density at radius 3 is 2.52 bits per heavy atom. The van der Waals surface area contributed by atoms with Crippen LogP contribution in [0.3, 0.4) is 0 Å². The van der Waals surface area contributed by atoms with Gasteiger partial charge in [0.25, 0.3) is 0 Å². The number of nitrogens with one attached hydrogen (secondary N) is 1. The molecule has 2 heterocycles. The first-order chi connectivity index (χ1) is 13.2. The van der Waals surface area contributed by atoms with Gasteiger partial charge in [0, 0.05) is 30.8 Å². The predicted molar refractivity (Wildman–Crippen MR) is 106 cm³/mol. The first-order valence-electron chi connectivity index (χ1n) is 9.32. The van der Waals surface area contributed by atoms with Gasteiger partial charge in [0.05, 0.1) is 11.4 Å². The van der Waals surface area contributed by atoms with E-state index >= 15 is 0 Å². The maximum absolute atomic E-state index is 12.8. The van der Waals surface area contributed by atoms with E-state index in [1.807, 2.05) is 72.3 Å². The average molecular weight is 361 g/mol. The predicted octanol–water partition coefficient (Wildman–Crippen LogP) is 4.21. The SMILES string of the molecule is Cc1ccccc1-n1nc(-c2ccccc2)cc1NC(=O)C1CCOCC1. The summed E-state index contributed by atoms with van der Waals surface area (Å²) in [6.07, 6.45) is 1.52. The van der Waals surface area contributed by atoms with Crippen molar-refractivity contribution in [2.45, 2.75) is 19.8 Å². The Hall–Kier alpha value is -2.92. The molecule has 0 atom stereocenters. The maximum atomic E-state index is 12.8. The molecule has 0 spiro atoms. The molecular weight excluding hydrogens is 338 g/mol. The molecule has 1 aromatic heterocycles. The fourth-order valence-electron chi connectivity index (χ4n) is 3.39. The van der Waals surface area contributed by atoms with Crippen LogP contribution in [-0.4, -0.2) is 28.9 Å². The zero-order chi connectivity index (χ0) is 18.6. The Bertz CT molecular complexity index is 928. The molecular formula is C22H23N3O2. The van der Waals surface area contributed by atoms with Crippen LogP contribution in [0.25, 0.3) is 16.9 Å². The van der Waals surface area contributed by atoms with E-state index in [0.717, 1.165) is 35.3 Å². The zero-order valence-corrected chi connectivity index (χ0v) is 15.4. The van der Waals surface area contributed by atoms with E-state index < -0.39 is 0 Å². The summed E-state index contributed by atoms with van der Waals surface area (Å²) in [4.78, 5) is 12.8. The number of amides is 1. The Labute approximate surface area is 159 Å². The minimum absolute atomic E-state index is 0.0147. The van der Waals surface area contributed by atoms with Gasteiger partial charge in [-0.3, -0.25) is 4.79 Å². The third-order valence-corrected chi connectivity index (χ3v) is 4.97. The number of aromatic nitrogens is 2. The Morgan fingerprint density at radius 2 is 1.78 bits per heavy atom. The molecule has 1 aliphatic heterocycles. The maximum Gasteiger partial charge on any atom is 0.228 e. The monoisotopic (exact) mass is 361 g/mol. The molecule has 138 valence electrons. The molecule has 0 radical (unpaired) electrons. The summed E-state index contributed by atoms with van der Waals surface area (Å²) in [6.45, 7) is 3.33. The van der Waals surface area contributed by atoms with E-state index in [1.165, 1.54) is 0 Å². The molecule has 0 unspecified atom stereocenters. The van der Waals surface area contributed by atoms with E-state index in [2.05, 4.69) is 5.32 Å². The Morgan fingerprint density at radius 1 is 1.07 bits per heavy atom. The lowest BCUT2D eigenvalue weighted by Crippen LogP contribution is -2.29. The van der Waals surface area contributed by atoms with Crippen LogP contribution in [0.1, 0.15) is 18.4 Å². The van der Waals surface area contributed by atoms with Gasteiger partial charge < -0.3 is 10.1 Å². The number of carbonyl (C=O) groups is 1. The first kappa shape index (κ1) is 17.5. The van der Waals surface area contributed by atoms with Gasteiger partial charge in [-0.2, -0.15) is 5.10 Å². The third kappa shape index (κ3) is 3.78. The van der Waals surface area contributed by atoms with Crippen LogP contribution in [0.5, 0.6) is 0 Å². The minimum atomic E-state index is -0.0147. The molecule has 3 aromatic rings. The molecule has 1 amide bonds. The average Bonchev–Trinajstić information content (AvgIpc) is 3.13. The number of hydrogen-bond acceptors (Lipinski definition) is 3. The van der Waals surface area contributed by atoms with Gasteiger partial charge in [-0.05, 0) is 31.4 Å². The third-order valence-electron chi connectivity index (χ3n) is 4.97. The molecule has 1 aliphatic rings. The molecule has 1 fully saturated rings. The largest absolute Gasteiger partial charge is 0.381 e. The van der Waals surface area contributed by atoms with Crippen LogP contribution in [0.4, 0.5) is 5.82 Å². The highest BCUT2D eigenvalue weighted by Crippen LogP contribution is 2.27. The summed E-state index contributed by atoms with van der Waals surface area (Å²) in [6, 6.07) is 20.0. The van der Waals surface area contributed by atoms with Crippen LogP contribution in [-0.2, 0) is 9.53 Å². The van der Waals surface area contributed by atoms with Gasteiger partial charge >= 0.3 is 0 Å². The number of rotatable bonds is 4. The van der Waals surface area contributed by atoms with Gasteiger partial charge in [-0.25, -0.2) is 4.68 Å². The van der Waals surface area contributed by atoms with Crippen molar-refractivity contribution in [2.75, 3.05) is 18.5 Å². The lowest BCUT2D eigenvalue weighted by molar-refractivity contribution is -0.122. The molecule has 1 N–H and O–H groups in total. The Balaban J connectivity index is 1.71. The van der Waals surface area contributed by atoms with Gasteiger partial charge in [0.15, 0.2) is 0 Å². The number of carbonyl (C=O) groups excluding carboxylic acids is 1. The van der Waals surface area contributed by atoms with Crippen molar-refractivity contribution in [3.63, 3.8) is 0 Å². The van der Waals surface area contributed by atoms with E-state index in [9.17, 15) is 4.79 Å². The number of para-hydroxylation sites is 1. The van der Waals surface area contributed by atoms with E-state index in [1.54, 1.807) is 0 Å². The molecule has 2 aromatic carbocycles. The van der Waals surface area contributed by atoms with Crippen LogP contribution in [0.15, 0.2) is 60.7 Å². The molecule has 4 rings (SSSR count). The van der Waals surface area contributed by atoms with Crippen LogP contribution >= 0.6 is 0 Å². The van der Waals surface area contributed by atoms with Gasteiger partial charge in [-0.1, -0.05) is 48.5 Å². The molecule has 27 heavy (non-hydrogen) atoms. The molecule has 5 nitrogen and oxygen atoms in total. The fraction of sp³-hybridized carbons (Fsp3) is 0.273. The zero-order valence-electron chi connectivity index (χ0n) is 15.4. The van der Waals surface area contributed by atoms with E-state index in [-0.39, 0.29) is 11.8 Å². The smallest absolute Gasteiger partial charge is 0.228 e. The molecule has 1 saturated heterocycles. The normalized spacial score (nSPS) is 14.9. The van der Waals surface area contributed by atoms with Crippen molar-refractivity contribution in [3.05, 3.63) is 66.2 Å². The highest BCUT2D eigenvalue weighted by atomic mass is 16.5. The Kier molecular flexibility index (Phi) is 5.03. The van der Waals surface area contributed by atoms with Crippen LogP contribution in [0, 0.1) is 12.8 Å². The summed E-state index contributed by atoms with van der Waals surface area (Å²) >= 11 is 0. The van der Waals surface area contributed by atoms with Gasteiger partial charge in [0.2, 0.25) is 5.91 Å². The van der Waals surface area contributed by atoms with Crippen molar-refractivity contribution in [2.24, 2.45) is 5.92 Å². The molecule has 5 heteroatoms. The second-order valence-corrected chi connectivity index (χ2v) is 6.86. The number of hydrogen-bond donors (Lipinski definition) is 1. The summed E-state index contributed by atoms with van der Waals surface area (Å²) in [5.41, 5.74) is 3.91. The molecule has 0 aliphatic carbocycles. The van der Waals surface area contributed by atoms with Crippen molar-refractivity contribution >= 4 is 11.7 Å². The van der Waals surface area contributed by atoms with Crippen molar-refractivity contribution in [1.29, 1.82) is 0 Å². The summed E-state index contributed by atoms with van der Waals surface area (Å²) in [5.74, 6) is 0.714. The van der Waals surface area contributed by atoms with Crippen LogP contribution in [0.2, 0.25) is 0 Å². The number of nitrogens with zero attached hydrogens (tertiary/aromatic N) is 2. The van der Waals surface area contributed by atoms with E-state index in [4.69, 9.17) is 9.84 Å². The fourth-order valence-corrected chi connectivity index (χ4v) is 3.39. The summed E-state index contributed by atoms with van der Waals surface area (Å²) in [5, 5.41) is 7.89. The second-order valence-electron chi connectivity index (χ2n) is 6.86. The van der Waals surface area contributed by atoms with Crippen molar-refractivity contribution in [3.8, 4) is 16.9 Å². The van der Waals surface area contributed by atoms with Gasteiger partial charge in [-0.15, -0.1) is 0 Å². The lowest BCUT2D eigenvalue weighted by Gasteiger charge is -2.21. The molecule has 0 bridgehead atoms. The highest BCUT2D eigenvalue weighted by molar-refractivity contribution is 5.92. The highest BCUT2D eigenvalue weighted by Gasteiger charge is 2.23. The van der Waals surface area contributed by atoms with Crippen LogP contribution < -0.4 is 5.32 Å². The minimum Gasteiger partial charge on any atom is -0.381 e. The van der Waals surface area contributed by atoms with Crippen molar-refractivity contribution in [1.82, 2.24) is 9.78 Å². The van der Waals surface area contributed by atoms with Gasteiger partial charge in [0.1, 0.15) is 5.82 Å². The summed E-state index contributed by atoms with van der Waals surface area (Å²) in [7, 11) is 0. The number of benzene rings is 2. The molecule has 0 saturated carbocycles. The standard InChI is InChI=1S/C22H23N3O2/c1-16-7-5-6-10-20(16)25-21(23-22(26)18-11-13-27-14-12-18)15-19(24-25)17-8-3-2-4-9-17/h2-10,15,18H,11-14H2,1H3,(H,23,26). The van der Waals surface area contributed by atoms with Crippen molar-refractivity contribution < 1.29 is 9.53 Å². The quantitative estimate of drug-likeness (QED) is 0.757. The number of ether oxygens (including phenoxy) is 1. The number of anilines is 1. The topological polar surface area (TPSA) is 56.2 Å². The lowest BCUT2D eigenvalue weighted by atomic mass is 9.99. The van der Waals surface area contributed by atoms with E-state index in [0.29, 0.717) is 19.0 Å².